The molecular weight excluding hydrogens is 331 g/mol. The fourth-order valence-electron chi connectivity index (χ4n) is 2.27. The first-order chi connectivity index (χ1) is 10.9. The molecule has 1 heterocycles. The van der Waals surface area contributed by atoms with Gasteiger partial charge in [0.2, 0.25) is 6.10 Å². The van der Waals surface area contributed by atoms with Crippen LogP contribution in [0.5, 0.6) is 5.75 Å². The van der Waals surface area contributed by atoms with Crippen molar-refractivity contribution in [2.45, 2.75) is 13.0 Å². The van der Waals surface area contributed by atoms with E-state index in [1.807, 2.05) is 0 Å². The molecule has 1 aliphatic heterocycles. The summed E-state index contributed by atoms with van der Waals surface area (Å²) >= 11 is 5.85. The molecule has 0 saturated heterocycles. The zero-order chi connectivity index (χ0) is 17.1. The van der Waals surface area contributed by atoms with Gasteiger partial charge in [-0.25, -0.2) is 9.18 Å². The summed E-state index contributed by atoms with van der Waals surface area (Å²) in [5.41, 5.74) is 5.27. The molecule has 1 aromatic rings. The average Bonchev–Trinajstić information content (AvgIpc) is 2.47. The number of likely N-dealkylation sites (N-methyl/N-ethyl adjacent to an activating group) is 1. The van der Waals surface area contributed by atoms with E-state index in [-0.39, 0.29) is 28.6 Å². The van der Waals surface area contributed by atoms with Gasteiger partial charge in [-0.2, -0.15) is 0 Å². The Morgan fingerprint density at radius 2 is 2.26 bits per heavy atom. The Balaban J connectivity index is 2.56. The number of amides is 1. The number of carbonyl (C=O) groups excluding carboxylic acids is 2. The number of halogens is 2. The van der Waals surface area contributed by atoms with Crippen LogP contribution in [0.1, 0.15) is 18.6 Å². The minimum absolute atomic E-state index is 0.0312. The Bertz CT molecular complexity index is 640. The molecule has 23 heavy (non-hydrogen) atoms. The van der Waals surface area contributed by atoms with Crippen molar-refractivity contribution >= 4 is 29.4 Å². The summed E-state index contributed by atoms with van der Waals surface area (Å²) in [7, 11) is 1.68. The first-order valence-electron chi connectivity index (χ1n) is 6.85. The van der Waals surface area contributed by atoms with Gasteiger partial charge in [0.15, 0.2) is 5.82 Å². The third-order valence-corrected chi connectivity index (χ3v) is 3.53. The van der Waals surface area contributed by atoms with E-state index in [1.165, 1.54) is 6.07 Å². The summed E-state index contributed by atoms with van der Waals surface area (Å²) in [6, 6.07) is 1.30. The van der Waals surface area contributed by atoms with Gasteiger partial charge < -0.3 is 24.8 Å². The average molecular weight is 347 g/mol. The van der Waals surface area contributed by atoms with Crippen molar-refractivity contribution < 1.29 is 28.2 Å². The second-order valence-electron chi connectivity index (χ2n) is 4.79. The fraction of sp³-hybridized carbons (Fsp3) is 0.429. The Labute approximate surface area is 137 Å². The van der Waals surface area contributed by atoms with Gasteiger partial charge in [0.05, 0.1) is 29.4 Å². The molecule has 1 aromatic carbocycles. The number of fused-ring (bicyclic) bond motifs is 1. The van der Waals surface area contributed by atoms with Crippen molar-refractivity contribution in [1.29, 1.82) is 0 Å². The van der Waals surface area contributed by atoms with Crippen LogP contribution in [0.25, 0.3) is 0 Å². The maximum atomic E-state index is 14.6. The van der Waals surface area contributed by atoms with Gasteiger partial charge in [-0.3, -0.25) is 4.79 Å². The van der Waals surface area contributed by atoms with Crippen LogP contribution in [0.3, 0.4) is 0 Å². The van der Waals surface area contributed by atoms with Gasteiger partial charge in [-0.15, -0.1) is 0 Å². The summed E-state index contributed by atoms with van der Waals surface area (Å²) in [4.78, 5) is 24.9. The van der Waals surface area contributed by atoms with E-state index in [4.69, 9.17) is 26.8 Å². The van der Waals surface area contributed by atoms with Gasteiger partial charge in [0.1, 0.15) is 12.4 Å². The number of ether oxygens (including phenoxy) is 3. The van der Waals surface area contributed by atoms with Crippen LogP contribution in [0.2, 0.25) is 5.02 Å². The first kappa shape index (κ1) is 17.1. The molecule has 126 valence electrons. The Morgan fingerprint density at radius 3 is 2.87 bits per heavy atom. The molecule has 1 unspecified atom stereocenters. The van der Waals surface area contributed by atoms with E-state index in [0.29, 0.717) is 13.2 Å². The molecular formula is C14H16ClFN2O5. The molecule has 2 rings (SSSR count). The quantitative estimate of drug-likeness (QED) is 0.838. The molecule has 1 aliphatic rings. The molecule has 1 amide bonds. The lowest BCUT2D eigenvalue weighted by Crippen LogP contribution is -2.34. The second kappa shape index (κ2) is 6.91. The summed E-state index contributed by atoms with van der Waals surface area (Å²) in [6.07, 6.45) is -2.82. The molecule has 0 spiro atoms. The van der Waals surface area contributed by atoms with Crippen LogP contribution in [0.4, 0.5) is 14.9 Å². The smallest absolute Gasteiger partial charge is 0.489 e. The van der Waals surface area contributed by atoms with Crippen molar-refractivity contribution in [3.05, 3.63) is 22.5 Å². The third-order valence-electron chi connectivity index (χ3n) is 3.26. The molecule has 0 aliphatic carbocycles. The van der Waals surface area contributed by atoms with Crippen LogP contribution in [-0.2, 0) is 14.3 Å². The molecule has 0 radical (unpaired) electrons. The lowest BCUT2D eigenvalue weighted by molar-refractivity contribution is -0.128. The highest BCUT2D eigenvalue weighted by Crippen LogP contribution is 2.43. The summed E-state index contributed by atoms with van der Waals surface area (Å²) < 4.78 is 29.5. The number of carbonyl (C=O) groups is 2. The lowest BCUT2D eigenvalue weighted by atomic mass is 10.0. The molecule has 9 heteroatoms. The van der Waals surface area contributed by atoms with Gasteiger partial charge in [0, 0.05) is 13.1 Å². The Morgan fingerprint density at radius 1 is 1.57 bits per heavy atom. The highest BCUT2D eigenvalue weighted by molar-refractivity contribution is 6.31. The standard InChI is InChI=1S/C14H16ClFN2O5/c1-3-21-14(20)23-12(13(17)19)9-10(16)7(15)6-8-11(9)18(2)4-5-22-8/h6,12H,3-5H2,1-2H3,(H2,17,19). The second-order valence-corrected chi connectivity index (χ2v) is 5.19. The van der Waals surface area contributed by atoms with E-state index in [1.54, 1.807) is 18.9 Å². The minimum Gasteiger partial charge on any atom is -0.489 e. The van der Waals surface area contributed by atoms with Crippen molar-refractivity contribution in [2.24, 2.45) is 5.73 Å². The third kappa shape index (κ3) is 3.42. The fourth-order valence-corrected chi connectivity index (χ4v) is 2.47. The van der Waals surface area contributed by atoms with E-state index in [0.717, 1.165) is 0 Å². The van der Waals surface area contributed by atoms with Crippen molar-refractivity contribution in [3.8, 4) is 5.75 Å². The summed E-state index contributed by atoms with van der Waals surface area (Å²) in [5, 5.41) is -0.271. The molecule has 7 nitrogen and oxygen atoms in total. The minimum atomic E-state index is -1.69. The highest BCUT2D eigenvalue weighted by Gasteiger charge is 2.35. The maximum absolute atomic E-state index is 14.6. The van der Waals surface area contributed by atoms with E-state index in [9.17, 15) is 14.0 Å². The van der Waals surface area contributed by atoms with Crippen molar-refractivity contribution in [3.63, 3.8) is 0 Å². The summed E-state index contributed by atoms with van der Waals surface area (Å²) in [6.45, 7) is 2.41. The lowest BCUT2D eigenvalue weighted by Gasteiger charge is -2.31. The van der Waals surface area contributed by atoms with Gasteiger partial charge in [0.25, 0.3) is 5.91 Å². The van der Waals surface area contributed by atoms with E-state index >= 15 is 0 Å². The number of nitrogens with zero attached hydrogens (tertiary/aromatic N) is 1. The van der Waals surface area contributed by atoms with Gasteiger partial charge in [-0.05, 0) is 6.92 Å². The van der Waals surface area contributed by atoms with Crippen LogP contribution in [-0.4, -0.2) is 38.9 Å². The number of hydrogen-bond acceptors (Lipinski definition) is 6. The topological polar surface area (TPSA) is 91.1 Å². The van der Waals surface area contributed by atoms with Crippen LogP contribution in [0, 0.1) is 5.82 Å². The van der Waals surface area contributed by atoms with E-state index in [2.05, 4.69) is 4.74 Å². The predicted octanol–water partition coefficient (Wildman–Crippen LogP) is 2.01. The molecule has 2 N–H and O–H groups in total. The zero-order valence-electron chi connectivity index (χ0n) is 12.6. The van der Waals surface area contributed by atoms with Crippen molar-refractivity contribution in [2.75, 3.05) is 31.7 Å². The monoisotopic (exact) mass is 346 g/mol. The Hall–Kier alpha value is -2.22. The molecule has 0 fully saturated rings. The number of primary amides is 1. The molecule has 0 aromatic heterocycles. The highest BCUT2D eigenvalue weighted by atomic mass is 35.5. The first-order valence-corrected chi connectivity index (χ1v) is 7.23. The predicted molar refractivity (Wildman–Crippen MR) is 80.2 cm³/mol. The zero-order valence-corrected chi connectivity index (χ0v) is 13.4. The maximum Gasteiger partial charge on any atom is 0.509 e. The van der Waals surface area contributed by atoms with Crippen LogP contribution >= 0.6 is 11.6 Å². The van der Waals surface area contributed by atoms with E-state index < -0.39 is 24.0 Å². The Kier molecular flexibility index (Phi) is 5.15. The molecule has 0 bridgehead atoms. The van der Waals surface area contributed by atoms with Gasteiger partial charge in [-0.1, -0.05) is 11.6 Å². The normalized spacial score (nSPS) is 14.5. The van der Waals surface area contributed by atoms with Crippen LogP contribution < -0.4 is 15.4 Å². The van der Waals surface area contributed by atoms with Gasteiger partial charge >= 0.3 is 6.16 Å². The number of nitrogens with two attached hydrogens (primary N) is 1. The SMILES string of the molecule is CCOC(=O)OC(C(N)=O)c1c(F)c(Cl)cc2c1N(C)CCO2. The largest absolute Gasteiger partial charge is 0.509 e. The number of anilines is 1. The molecule has 0 saturated carbocycles. The number of rotatable bonds is 4. The number of hydrogen-bond donors (Lipinski definition) is 1. The van der Waals surface area contributed by atoms with Crippen molar-refractivity contribution in [1.82, 2.24) is 0 Å². The summed E-state index contributed by atoms with van der Waals surface area (Å²) in [5.74, 6) is -1.69. The number of benzene rings is 1. The molecule has 1 atom stereocenters. The van der Waals surface area contributed by atoms with Crippen LogP contribution in [0.15, 0.2) is 6.07 Å².